The molecule has 0 aromatic heterocycles. The van der Waals surface area contributed by atoms with Gasteiger partial charge < -0.3 is 15.1 Å². The summed E-state index contributed by atoms with van der Waals surface area (Å²) in [5, 5.41) is 2.57. The number of carbonyl (C=O) groups excluding carboxylic acids is 2. The van der Waals surface area contributed by atoms with Crippen LogP contribution in [0, 0.1) is 5.92 Å². The zero-order valence-electron chi connectivity index (χ0n) is 18.9. The lowest BCUT2D eigenvalue weighted by Gasteiger charge is -2.40. The first-order valence-corrected chi connectivity index (χ1v) is 14.1. The van der Waals surface area contributed by atoms with Crippen molar-refractivity contribution in [3.8, 4) is 0 Å². The van der Waals surface area contributed by atoms with Gasteiger partial charge in [0.05, 0.1) is 21.6 Å². The van der Waals surface area contributed by atoms with E-state index in [0.717, 1.165) is 30.8 Å². The largest absolute Gasteiger partial charge is 0.342 e. The number of amides is 2. The van der Waals surface area contributed by atoms with E-state index in [1.165, 1.54) is 37.1 Å². The van der Waals surface area contributed by atoms with Crippen LogP contribution < -0.4 is 5.32 Å². The molecule has 3 aliphatic heterocycles. The molecule has 1 aromatic rings. The van der Waals surface area contributed by atoms with Crippen molar-refractivity contribution < 1.29 is 18.0 Å². The minimum atomic E-state index is -3.65. The number of nitrogens with zero attached hydrogens (tertiary/aromatic N) is 2. The zero-order chi connectivity index (χ0) is 22.9. The van der Waals surface area contributed by atoms with Crippen LogP contribution in [0.4, 0.5) is 5.69 Å². The lowest BCUT2D eigenvalue weighted by Crippen LogP contribution is -2.49. The second kappa shape index (κ2) is 9.73. The lowest BCUT2D eigenvalue weighted by atomic mass is 9.99. The molecule has 9 heteroatoms. The molecule has 2 atom stereocenters. The van der Waals surface area contributed by atoms with Gasteiger partial charge in [0, 0.05) is 29.9 Å². The molecule has 0 aliphatic carbocycles. The molecule has 3 heterocycles. The van der Waals surface area contributed by atoms with E-state index < -0.39 is 15.8 Å². The number of anilines is 1. The van der Waals surface area contributed by atoms with Crippen LogP contribution >= 0.6 is 11.8 Å². The van der Waals surface area contributed by atoms with Crippen LogP contribution in [0.15, 0.2) is 28.0 Å². The first-order valence-electron chi connectivity index (χ1n) is 11.6. The Bertz CT molecular complexity index is 967. The predicted molar refractivity (Wildman–Crippen MR) is 127 cm³/mol. The van der Waals surface area contributed by atoms with Gasteiger partial charge in [-0.05, 0) is 63.9 Å². The highest BCUT2D eigenvalue weighted by Gasteiger charge is 2.32. The quantitative estimate of drug-likeness (QED) is 0.699. The normalized spacial score (nSPS) is 24.0. The molecule has 7 nitrogen and oxygen atoms in total. The number of sulfone groups is 1. The number of likely N-dealkylation sites (tertiary alicyclic amines) is 2. The molecule has 1 aromatic carbocycles. The Labute approximate surface area is 195 Å². The fraction of sp³-hybridized carbons (Fsp3) is 0.652. The van der Waals surface area contributed by atoms with E-state index in [-0.39, 0.29) is 27.7 Å². The molecule has 32 heavy (non-hydrogen) atoms. The van der Waals surface area contributed by atoms with Crippen molar-refractivity contribution in [3.63, 3.8) is 0 Å². The molecular weight excluding hydrogens is 446 g/mol. The molecule has 0 unspecified atom stereocenters. The fourth-order valence-corrected chi connectivity index (χ4v) is 7.42. The molecule has 0 saturated carbocycles. The summed E-state index contributed by atoms with van der Waals surface area (Å²) in [6.07, 6.45) is 5.77. The monoisotopic (exact) mass is 479 g/mol. The fourth-order valence-electron chi connectivity index (χ4n) is 4.92. The van der Waals surface area contributed by atoms with Gasteiger partial charge in [-0.1, -0.05) is 13.3 Å². The highest BCUT2D eigenvalue weighted by atomic mass is 32.2. The number of fused-ring (bicyclic) bond motifs is 1. The SMILES string of the molecule is C[C@H](CS(=O)(=O)c1ccc2c(c1)NC(=O)[C@H](C)S2)C(=O)N1CCC(N2CCCCC2)CC1. The van der Waals surface area contributed by atoms with Gasteiger partial charge >= 0.3 is 0 Å². The number of piperidine rings is 2. The Morgan fingerprint density at radius 3 is 2.53 bits per heavy atom. The first kappa shape index (κ1) is 23.6. The van der Waals surface area contributed by atoms with Gasteiger partial charge in [-0.2, -0.15) is 0 Å². The average molecular weight is 480 g/mol. The summed E-state index contributed by atoms with van der Waals surface area (Å²) in [6.45, 7) is 7.23. The smallest absolute Gasteiger partial charge is 0.237 e. The van der Waals surface area contributed by atoms with E-state index >= 15 is 0 Å². The van der Waals surface area contributed by atoms with Crippen molar-refractivity contribution in [2.45, 2.75) is 67.0 Å². The van der Waals surface area contributed by atoms with E-state index in [9.17, 15) is 18.0 Å². The van der Waals surface area contributed by atoms with Gasteiger partial charge in [-0.3, -0.25) is 9.59 Å². The van der Waals surface area contributed by atoms with Crippen LogP contribution in [0.25, 0.3) is 0 Å². The van der Waals surface area contributed by atoms with Crippen molar-refractivity contribution in [2.75, 3.05) is 37.2 Å². The Morgan fingerprint density at radius 2 is 1.84 bits per heavy atom. The Balaban J connectivity index is 1.36. The summed E-state index contributed by atoms with van der Waals surface area (Å²) < 4.78 is 26.0. The molecule has 0 radical (unpaired) electrons. The maximum Gasteiger partial charge on any atom is 0.237 e. The molecule has 1 N–H and O–H groups in total. The summed E-state index contributed by atoms with van der Waals surface area (Å²) in [7, 11) is -3.65. The third-order valence-corrected chi connectivity index (χ3v) is 9.90. The van der Waals surface area contributed by atoms with Gasteiger partial charge in [0.25, 0.3) is 0 Å². The van der Waals surface area contributed by atoms with Crippen molar-refractivity contribution in [1.29, 1.82) is 0 Å². The van der Waals surface area contributed by atoms with Crippen molar-refractivity contribution >= 4 is 39.1 Å². The van der Waals surface area contributed by atoms with E-state index in [0.29, 0.717) is 24.8 Å². The number of carbonyl (C=O) groups is 2. The summed E-state index contributed by atoms with van der Waals surface area (Å²) in [4.78, 5) is 30.3. The van der Waals surface area contributed by atoms with Gasteiger partial charge in [0.15, 0.2) is 9.84 Å². The van der Waals surface area contributed by atoms with Crippen LogP contribution in [0.2, 0.25) is 0 Å². The highest BCUT2D eigenvalue weighted by Crippen LogP contribution is 2.37. The average Bonchev–Trinajstić information content (AvgIpc) is 2.79. The van der Waals surface area contributed by atoms with Gasteiger partial charge in [0.2, 0.25) is 11.8 Å². The van der Waals surface area contributed by atoms with Crippen LogP contribution in [-0.2, 0) is 19.4 Å². The van der Waals surface area contributed by atoms with Crippen molar-refractivity contribution in [1.82, 2.24) is 9.80 Å². The summed E-state index contributed by atoms with van der Waals surface area (Å²) in [6, 6.07) is 5.38. The van der Waals surface area contributed by atoms with Crippen molar-refractivity contribution in [2.24, 2.45) is 5.92 Å². The van der Waals surface area contributed by atoms with Crippen LogP contribution in [0.3, 0.4) is 0 Å². The predicted octanol–water partition coefficient (Wildman–Crippen LogP) is 3.01. The third kappa shape index (κ3) is 5.15. The third-order valence-electron chi connectivity index (χ3n) is 6.82. The Morgan fingerprint density at radius 1 is 1.16 bits per heavy atom. The second-order valence-electron chi connectivity index (χ2n) is 9.24. The second-order valence-corrected chi connectivity index (χ2v) is 12.7. The summed E-state index contributed by atoms with van der Waals surface area (Å²) in [5.74, 6) is -1.05. The molecule has 4 rings (SSSR count). The molecule has 0 bridgehead atoms. The molecule has 2 amide bonds. The van der Waals surface area contributed by atoms with Crippen LogP contribution in [0.5, 0.6) is 0 Å². The van der Waals surface area contributed by atoms with Crippen molar-refractivity contribution in [3.05, 3.63) is 18.2 Å². The standard InChI is InChI=1S/C23H33N3O4S2/c1-16(23(28)26-12-8-18(9-13-26)25-10-4-3-5-11-25)15-32(29,30)19-6-7-21-20(14-19)24-22(27)17(2)31-21/h6-7,14,16-18H,3-5,8-13,15H2,1-2H3,(H,24,27)/t16-,17+/m1/s1. The Kier molecular flexibility index (Phi) is 7.17. The van der Waals surface area contributed by atoms with Crippen LogP contribution in [-0.4, -0.2) is 73.3 Å². The lowest BCUT2D eigenvalue weighted by molar-refractivity contribution is -0.136. The molecule has 3 aliphatic rings. The number of thioether (sulfide) groups is 1. The number of nitrogens with one attached hydrogen (secondary N) is 1. The van der Waals surface area contributed by atoms with E-state index in [4.69, 9.17) is 0 Å². The van der Waals surface area contributed by atoms with E-state index in [2.05, 4.69) is 10.2 Å². The van der Waals surface area contributed by atoms with Gasteiger partial charge in [-0.15, -0.1) is 11.8 Å². The van der Waals surface area contributed by atoms with E-state index in [1.807, 2.05) is 11.8 Å². The minimum absolute atomic E-state index is 0.0821. The van der Waals surface area contributed by atoms with E-state index in [1.54, 1.807) is 19.1 Å². The van der Waals surface area contributed by atoms with Gasteiger partial charge in [0.1, 0.15) is 0 Å². The number of benzene rings is 1. The maximum atomic E-state index is 13.0. The maximum absolute atomic E-state index is 13.0. The molecule has 2 saturated heterocycles. The molecular formula is C23H33N3O4S2. The summed E-state index contributed by atoms with van der Waals surface area (Å²) >= 11 is 1.42. The molecule has 176 valence electrons. The summed E-state index contributed by atoms with van der Waals surface area (Å²) in [5.41, 5.74) is 0.526. The topological polar surface area (TPSA) is 86.8 Å². The first-order chi connectivity index (χ1) is 15.2. The zero-order valence-corrected chi connectivity index (χ0v) is 20.5. The van der Waals surface area contributed by atoms with Crippen LogP contribution in [0.1, 0.15) is 46.0 Å². The Hall–Kier alpha value is -1.58. The minimum Gasteiger partial charge on any atom is -0.342 e. The number of rotatable bonds is 5. The highest BCUT2D eigenvalue weighted by molar-refractivity contribution is 8.01. The molecule has 2 fully saturated rings. The molecule has 0 spiro atoms. The van der Waals surface area contributed by atoms with Gasteiger partial charge in [-0.25, -0.2) is 8.42 Å². The number of hydrogen-bond donors (Lipinski definition) is 1. The number of hydrogen-bond acceptors (Lipinski definition) is 6.